The fourth-order valence-corrected chi connectivity index (χ4v) is 4.76. The predicted molar refractivity (Wildman–Crippen MR) is 120 cm³/mol. The number of piperidine rings is 1. The van der Waals surface area contributed by atoms with E-state index in [1.54, 1.807) is 0 Å². The molecule has 1 aliphatic heterocycles. The second-order valence-electron chi connectivity index (χ2n) is 8.62. The SMILES string of the molecule is O=C(NC1CCCCCCC1)C1CCN(Cc2nc(-c3ccc(Br)cc3)no2)CC1. The van der Waals surface area contributed by atoms with Crippen LogP contribution in [0.25, 0.3) is 11.4 Å². The van der Waals surface area contributed by atoms with Gasteiger partial charge in [-0.25, -0.2) is 0 Å². The minimum absolute atomic E-state index is 0.132. The van der Waals surface area contributed by atoms with Crippen LogP contribution in [-0.2, 0) is 11.3 Å². The molecule has 2 fully saturated rings. The summed E-state index contributed by atoms with van der Waals surface area (Å²) in [6.45, 7) is 2.41. The molecule has 4 rings (SSSR count). The van der Waals surface area contributed by atoms with Gasteiger partial charge in [-0.15, -0.1) is 0 Å². The number of likely N-dealkylation sites (tertiary alicyclic amines) is 1. The molecule has 2 aliphatic rings. The summed E-state index contributed by atoms with van der Waals surface area (Å²) in [4.78, 5) is 19.6. The Balaban J connectivity index is 1.23. The van der Waals surface area contributed by atoms with Crippen LogP contribution in [0.1, 0.15) is 63.7 Å². The Morgan fingerprint density at radius 3 is 2.40 bits per heavy atom. The number of carbonyl (C=O) groups excluding carboxylic acids is 1. The van der Waals surface area contributed by atoms with Crippen molar-refractivity contribution in [1.82, 2.24) is 20.4 Å². The molecule has 0 radical (unpaired) electrons. The van der Waals surface area contributed by atoms with Crippen LogP contribution in [0.3, 0.4) is 0 Å². The number of amides is 1. The highest BCUT2D eigenvalue weighted by atomic mass is 79.9. The molecule has 7 heteroatoms. The minimum atomic E-state index is 0.132. The number of hydrogen-bond donors (Lipinski definition) is 1. The van der Waals surface area contributed by atoms with Crippen LogP contribution in [0.2, 0.25) is 0 Å². The minimum Gasteiger partial charge on any atom is -0.353 e. The molecular formula is C23H31BrN4O2. The standard InChI is InChI=1S/C23H31BrN4O2/c24-19-10-8-17(9-11-19)22-26-21(30-27-22)16-28-14-12-18(13-15-28)23(29)25-20-6-4-2-1-3-5-7-20/h8-11,18,20H,1-7,12-16H2,(H,25,29). The van der Waals surface area contributed by atoms with Crippen molar-refractivity contribution in [1.29, 1.82) is 0 Å². The second-order valence-corrected chi connectivity index (χ2v) is 9.54. The Hall–Kier alpha value is -1.73. The van der Waals surface area contributed by atoms with Crippen molar-refractivity contribution in [3.8, 4) is 11.4 Å². The summed E-state index contributed by atoms with van der Waals surface area (Å²) >= 11 is 3.44. The molecule has 1 saturated heterocycles. The van der Waals surface area contributed by atoms with Gasteiger partial charge in [0.2, 0.25) is 17.6 Å². The van der Waals surface area contributed by atoms with Gasteiger partial charge in [-0.1, -0.05) is 53.2 Å². The maximum absolute atomic E-state index is 12.7. The Morgan fingerprint density at radius 2 is 1.70 bits per heavy atom. The molecule has 0 spiro atoms. The maximum atomic E-state index is 12.7. The number of hydrogen-bond acceptors (Lipinski definition) is 5. The van der Waals surface area contributed by atoms with Crippen LogP contribution in [0.4, 0.5) is 0 Å². The first kappa shape index (κ1) is 21.5. The molecular weight excluding hydrogens is 444 g/mol. The van der Waals surface area contributed by atoms with E-state index in [9.17, 15) is 4.79 Å². The zero-order chi connectivity index (χ0) is 20.8. The second kappa shape index (κ2) is 10.5. The molecule has 1 aromatic carbocycles. The van der Waals surface area contributed by atoms with E-state index < -0.39 is 0 Å². The highest BCUT2D eigenvalue weighted by Gasteiger charge is 2.27. The Kier molecular flexibility index (Phi) is 7.55. The van der Waals surface area contributed by atoms with Crippen LogP contribution >= 0.6 is 15.9 Å². The van der Waals surface area contributed by atoms with Crippen molar-refractivity contribution in [2.45, 2.75) is 70.4 Å². The van der Waals surface area contributed by atoms with Crippen LogP contribution < -0.4 is 5.32 Å². The molecule has 1 aliphatic carbocycles. The molecule has 0 atom stereocenters. The van der Waals surface area contributed by atoms with Crippen LogP contribution in [0.5, 0.6) is 0 Å². The van der Waals surface area contributed by atoms with E-state index in [0.717, 1.165) is 48.8 Å². The molecule has 1 amide bonds. The number of aromatic nitrogens is 2. The lowest BCUT2D eigenvalue weighted by Crippen LogP contribution is -2.43. The predicted octanol–water partition coefficient (Wildman–Crippen LogP) is 4.94. The third-order valence-electron chi connectivity index (χ3n) is 6.34. The number of nitrogens with zero attached hydrogens (tertiary/aromatic N) is 3. The zero-order valence-corrected chi connectivity index (χ0v) is 19.1. The Labute approximate surface area is 186 Å². The van der Waals surface area contributed by atoms with Crippen LogP contribution in [0.15, 0.2) is 33.3 Å². The molecule has 1 N–H and O–H groups in total. The van der Waals surface area contributed by atoms with Gasteiger partial charge in [-0.3, -0.25) is 9.69 Å². The molecule has 0 unspecified atom stereocenters. The largest absolute Gasteiger partial charge is 0.353 e. The molecule has 0 bridgehead atoms. The first-order valence-corrected chi connectivity index (χ1v) is 12.1. The molecule has 1 saturated carbocycles. The first-order chi connectivity index (χ1) is 14.7. The van der Waals surface area contributed by atoms with Gasteiger partial charge in [0.15, 0.2) is 0 Å². The molecule has 30 heavy (non-hydrogen) atoms. The molecule has 6 nitrogen and oxygen atoms in total. The summed E-state index contributed by atoms with van der Waals surface area (Å²) in [6, 6.07) is 8.26. The van der Waals surface area contributed by atoms with Crippen molar-refractivity contribution >= 4 is 21.8 Å². The summed E-state index contributed by atoms with van der Waals surface area (Å²) in [5, 5.41) is 7.46. The number of rotatable bonds is 5. The first-order valence-electron chi connectivity index (χ1n) is 11.3. The molecule has 1 aromatic heterocycles. The number of nitrogens with one attached hydrogen (secondary N) is 1. The van der Waals surface area contributed by atoms with Gasteiger partial charge >= 0.3 is 0 Å². The van der Waals surface area contributed by atoms with E-state index in [0.29, 0.717) is 24.3 Å². The van der Waals surface area contributed by atoms with E-state index in [-0.39, 0.29) is 11.8 Å². The normalized spacial score (nSPS) is 19.9. The highest BCUT2D eigenvalue weighted by Crippen LogP contribution is 2.23. The van der Waals surface area contributed by atoms with Crippen molar-refractivity contribution < 1.29 is 9.32 Å². The lowest BCUT2D eigenvalue weighted by molar-refractivity contribution is -0.127. The van der Waals surface area contributed by atoms with E-state index in [1.807, 2.05) is 24.3 Å². The number of carbonyl (C=O) groups is 1. The fourth-order valence-electron chi connectivity index (χ4n) is 4.50. The van der Waals surface area contributed by atoms with Gasteiger partial charge in [0.05, 0.1) is 6.54 Å². The van der Waals surface area contributed by atoms with E-state index in [4.69, 9.17) is 4.52 Å². The molecule has 2 aromatic rings. The molecule has 162 valence electrons. The maximum Gasteiger partial charge on any atom is 0.241 e. The Morgan fingerprint density at radius 1 is 1.03 bits per heavy atom. The van der Waals surface area contributed by atoms with E-state index >= 15 is 0 Å². The van der Waals surface area contributed by atoms with Gasteiger partial charge < -0.3 is 9.84 Å². The zero-order valence-electron chi connectivity index (χ0n) is 17.5. The van der Waals surface area contributed by atoms with E-state index in [1.165, 1.54) is 32.1 Å². The molecule has 2 heterocycles. The van der Waals surface area contributed by atoms with Crippen molar-refractivity contribution in [2.75, 3.05) is 13.1 Å². The summed E-state index contributed by atoms with van der Waals surface area (Å²) in [5.74, 6) is 1.64. The van der Waals surface area contributed by atoms with Crippen molar-refractivity contribution in [2.24, 2.45) is 5.92 Å². The van der Waals surface area contributed by atoms with Crippen LogP contribution in [-0.4, -0.2) is 40.1 Å². The van der Waals surface area contributed by atoms with Crippen LogP contribution in [0, 0.1) is 5.92 Å². The lowest BCUT2D eigenvalue weighted by atomic mass is 9.93. The van der Waals surface area contributed by atoms with Crippen molar-refractivity contribution in [3.05, 3.63) is 34.6 Å². The highest BCUT2D eigenvalue weighted by molar-refractivity contribution is 9.10. The number of benzene rings is 1. The average molecular weight is 475 g/mol. The topological polar surface area (TPSA) is 71.3 Å². The number of halogens is 1. The third-order valence-corrected chi connectivity index (χ3v) is 6.87. The monoisotopic (exact) mass is 474 g/mol. The lowest BCUT2D eigenvalue weighted by Gasteiger charge is -2.31. The third kappa shape index (κ3) is 5.91. The van der Waals surface area contributed by atoms with Crippen molar-refractivity contribution in [3.63, 3.8) is 0 Å². The summed E-state index contributed by atoms with van der Waals surface area (Å²) < 4.78 is 6.48. The van der Waals surface area contributed by atoms with Gasteiger partial charge in [0, 0.05) is 22.0 Å². The fraction of sp³-hybridized carbons (Fsp3) is 0.609. The summed E-state index contributed by atoms with van der Waals surface area (Å²) in [5.41, 5.74) is 0.942. The quantitative estimate of drug-likeness (QED) is 0.664. The average Bonchev–Trinajstić information content (AvgIpc) is 3.19. The van der Waals surface area contributed by atoms with Gasteiger partial charge in [-0.2, -0.15) is 4.98 Å². The van der Waals surface area contributed by atoms with E-state index in [2.05, 4.69) is 36.3 Å². The summed E-state index contributed by atoms with van der Waals surface area (Å²) in [6.07, 6.45) is 10.5. The van der Waals surface area contributed by atoms with Gasteiger partial charge in [0.25, 0.3) is 0 Å². The Bertz CT molecular complexity index is 807. The van der Waals surface area contributed by atoms with Gasteiger partial charge in [0.1, 0.15) is 0 Å². The van der Waals surface area contributed by atoms with Gasteiger partial charge in [-0.05, 0) is 63.0 Å². The summed E-state index contributed by atoms with van der Waals surface area (Å²) in [7, 11) is 0. The smallest absolute Gasteiger partial charge is 0.241 e.